The molecule has 1 atom stereocenters. The van der Waals surface area contributed by atoms with E-state index in [1.807, 2.05) is 18.7 Å². The number of amides is 1. The highest BCUT2D eigenvalue weighted by molar-refractivity contribution is 5.94. The number of rotatable bonds is 4. The Kier molecular flexibility index (Phi) is 5.34. The molecule has 1 saturated heterocycles. The Morgan fingerprint density at radius 2 is 2.19 bits per heavy atom. The van der Waals surface area contributed by atoms with E-state index in [4.69, 9.17) is 0 Å². The minimum Gasteiger partial charge on any atom is -0.335 e. The topological polar surface area (TPSA) is 32.3 Å². The number of benzene rings is 1. The molecule has 1 heterocycles. The van der Waals surface area contributed by atoms with Crippen molar-refractivity contribution in [2.24, 2.45) is 0 Å². The summed E-state index contributed by atoms with van der Waals surface area (Å²) < 4.78 is 13.4. The Balaban J connectivity index is 2.12. The maximum absolute atomic E-state index is 13.4. The summed E-state index contributed by atoms with van der Waals surface area (Å²) in [4.78, 5) is 14.6. The van der Waals surface area contributed by atoms with Gasteiger partial charge in [-0.25, -0.2) is 4.39 Å². The zero-order chi connectivity index (χ0) is 15.4. The first-order chi connectivity index (χ1) is 9.99. The van der Waals surface area contributed by atoms with Gasteiger partial charge in [0.05, 0.1) is 0 Å². The molecule has 1 aliphatic heterocycles. The molecule has 1 amide bonds. The lowest BCUT2D eigenvalue weighted by molar-refractivity contribution is 0.0676. The molecule has 4 heteroatoms. The van der Waals surface area contributed by atoms with Crippen LogP contribution >= 0.6 is 0 Å². The van der Waals surface area contributed by atoms with Crippen molar-refractivity contribution in [1.82, 2.24) is 10.2 Å². The van der Waals surface area contributed by atoms with Crippen molar-refractivity contribution in [3.8, 4) is 0 Å². The Hall–Kier alpha value is -1.42. The lowest BCUT2D eigenvalue weighted by atomic mass is 10.0. The zero-order valence-corrected chi connectivity index (χ0v) is 13.2. The molecule has 0 radical (unpaired) electrons. The quantitative estimate of drug-likeness (QED) is 0.924. The van der Waals surface area contributed by atoms with Crippen LogP contribution in [0.15, 0.2) is 18.2 Å². The molecule has 1 N–H and O–H groups in total. The first-order valence-corrected chi connectivity index (χ1v) is 7.79. The summed E-state index contributed by atoms with van der Waals surface area (Å²) in [5.74, 6) is -0.280. The molecule has 1 aromatic rings. The third-order valence-corrected chi connectivity index (χ3v) is 4.12. The fraction of sp³-hybridized carbons (Fsp3) is 0.588. The largest absolute Gasteiger partial charge is 0.335 e. The second-order valence-electron chi connectivity index (χ2n) is 6.16. The number of carbonyl (C=O) groups excluding carboxylic acids is 1. The van der Waals surface area contributed by atoms with Gasteiger partial charge in [-0.05, 0) is 63.9 Å². The van der Waals surface area contributed by atoms with Crippen LogP contribution in [-0.2, 0) is 0 Å². The molecule has 0 bridgehead atoms. The summed E-state index contributed by atoms with van der Waals surface area (Å²) in [7, 11) is 0. The maximum Gasteiger partial charge on any atom is 0.254 e. The van der Waals surface area contributed by atoms with E-state index in [0.717, 1.165) is 13.0 Å². The maximum atomic E-state index is 13.4. The van der Waals surface area contributed by atoms with Crippen LogP contribution in [0.4, 0.5) is 4.39 Å². The molecular formula is C17H25FN2O. The van der Waals surface area contributed by atoms with Crippen molar-refractivity contribution in [2.45, 2.75) is 52.1 Å². The molecular weight excluding hydrogens is 267 g/mol. The van der Waals surface area contributed by atoms with Crippen molar-refractivity contribution in [1.29, 1.82) is 0 Å². The third-order valence-electron chi connectivity index (χ3n) is 4.12. The number of nitrogens with one attached hydrogen (secondary N) is 1. The van der Waals surface area contributed by atoms with Crippen LogP contribution in [0.1, 0.15) is 49.0 Å². The standard InChI is InChI=1S/C17H25FN2O/c1-12(2)20(11-15-6-4-5-9-19-15)17(21)14-7-8-16(18)13(3)10-14/h7-8,10,12,15,19H,4-6,9,11H2,1-3H3. The van der Waals surface area contributed by atoms with E-state index in [0.29, 0.717) is 23.7 Å². The van der Waals surface area contributed by atoms with Crippen LogP contribution in [-0.4, -0.2) is 36.0 Å². The molecule has 0 aromatic heterocycles. The minimum atomic E-state index is -0.267. The normalized spacial score (nSPS) is 18.8. The number of hydrogen-bond donors (Lipinski definition) is 1. The first-order valence-electron chi connectivity index (χ1n) is 7.79. The Bertz CT molecular complexity index is 496. The van der Waals surface area contributed by atoms with Gasteiger partial charge in [0, 0.05) is 24.2 Å². The van der Waals surface area contributed by atoms with Gasteiger partial charge in [-0.1, -0.05) is 6.42 Å². The number of carbonyl (C=O) groups is 1. The van der Waals surface area contributed by atoms with Crippen LogP contribution in [0, 0.1) is 12.7 Å². The zero-order valence-electron chi connectivity index (χ0n) is 13.2. The van der Waals surface area contributed by atoms with Gasteiger partial charge in [0.1, 0.15) is 5.82 Å². The third kappa shape index (κ3) is 4.03. The van der Waals surface area contributed by atoms with Gasteiger partial charge < -0.3 is 10.2 Å². The summed E-state index contributed by atoms with van der Waals surface area (Å²) in [6.45, 7) is 7.48. The fourth-order valence-corrected chi connectivity index (χ4v) is 2.79. The number of aryl methyl sites for hydroxylation is 1. The van der Waals surface area contributed by atoms with Crippen molar-refractivity contribution in [3.05, 3.63) is 35.1 Å². The van der Waals surface area contributed by atoms with E-state index < -0.39 is 0 Å². The highest BCUT2D eigenvalue weighted by Gasteiger charge is 2.24. The average Bonchev–Trinajstić information content (AvgIpc) is 2.47. The van der Waals surface area contributed by atoms with E-state index in [-0.39, 0.29) is 17.8 Å². The monoisotopic (exact) mass is 292 g/mol. The molecule has 0 spiro atoms. The second-order valence-corrected chi connectivity index (χ2v) is 6.16. The molecule has 0 saturated carbocycles. The molecule has 3 nitrogen and oxygen atoms in total. The van der Waals surface area contributed by atoms with Crippen molar-refractivity contribution in [3.63, 3.8) is 0 Å². The van der Waals surface area contributed by atoms with Gasteiger partial charge in [0.2, 0.25) is 0 Å². The Labute approximate surface area is 126 Å². The molecule has 116 valence electrons. The van der Waals surface area contributed by atoms with Gasteiger partial charge in [-0.3, -0.25) is 4.79 Å². The van der Waals surface area contributed by atoms with E-state index >= 15 is 0 Å². The van der Waals surface area contributed by atoms with Gasteiger partial charge >= 0.3 is 0 Å². The van der Waals surface area contributed by atoms with Crippen molar-refractivity contribution in [2.75, 3.05) is 13.1 Å². The molecule has 1 unspecified atom stereocenters. The van der Waals surface area contributed by atoms with E-state index in [9.17, 15) is 9.18 Å². The van der Waals surface area contributed by atoms with Crippen LogP contribution in [0.25, 0.3) is 0 Å². The van der Waals surface area contributed by atoms with Gasteiger partial charge in [0.15, 0.2) is 0 Å². The molecule has 1 aliphatic rings. The van der Waals surface area contributed by atoms with Crippen LogP contribution < -0.4 is 5.32 Å². The van der Waals surface area contributed by atoms with Gasteiger partial charge in [-0.15, -0.1) is 0 Å². The lowest BCUT2D eigenvalue weighted by Gasteiger charge is -2.33. The van der Waals surface area contributed by atoms with Gasteiger partial charge in [-0.2, -0.15) is 0 Å². The summed E-state index contributed by atoms with van der Waals surface area (Å²) in [5, 5.41) is 3.48. The average molecular weight is 292 g/mol. The minimum absolute atomic E-state index is 0.0135. The Morgan fingerprint density at radius 1 is 1.43 bits per heavy atom. The molecule has 1 fully saturated rings. The molecule has 0 aliphatic carbocycles. The first kappa shape index (κ1) is 16.0. The summed E-state index contributed by atoms with van der Waals surface area (Å²) in [6, 6.07) is 5.09. The number of piperidine rings is 1. The van der Waals surface area contributed by atoms with E-state index in [1.54, 1.807) is 19.1 Å². The van der Waals surface area contributed by atoms with Crippen LogP contribution in [0.5, 0.6) is 0 Å². The molecule has 1 aromatic carbocycles. The van der Waals surface area contributed by atoms with Crippen molar-refractivity contribution >= 4 is 5.91 Å². The number of hydrogen-bond acceptors (Lipinski definition) is 2. The Morgan fingerprint density at radius 3 is 2.76 bits per heavy atom. The highest BCUT2D eigenvalue weighted by Crippen LogP contribution is 2.16. The lowest BCUT2D eigenvalue weighted by Crippen LogP contribution is -2.48. The summed E-state index contributed by atoms with van der Waals surface area (Å²) in [5.41, 5.74) is 1.08. The predicted molar refractivity (Wildman–Crippen MR) is 83.0 cm³/mol. The smallest absolute Gasteiger partial charge is 0.254 e. The SMILES string of the molecule is Cc1cc(C(=O)N(CC2CCCCN2)C(C)C)ccc1F. The van der Waals surface area contributed by atoms with Crippen LogP contribution in [0.3, 0.4) is 0 Å². The molecule has 2 rings (SSSR count). The van der Waals surface area contributed by atoms with Crippen molar-refractivity contribution < 1.29 is 9.18 Å². The summed E-state index contributed by atoms with van der Waals surface area (Å²) >= 11 is 0. The number of halogens is 1. The van der Waals surface area contributed by atoms with E-state index in [2.05, 4.69) is 5.32 Å². The summed E-state index contributed by atoms with van der Waals surface area (Å²) in [6.07, 6.45) is 3.54. The van der Waals surface area contributed by atoms with Gasteiger partial charge in [0.25, 0.3) is 5.91 Å². The molecule has 21 heavy (non-hydrogen) atoms. The number of nitrogens with zero attached hydrogens (tertiary/aromatic N) is 1. The second kappa shape index (κ2) is 7.03. The van der Waals surface area contributed by atoms with E-state index in [1.165, 1.54) is 18.9 Å². The predicted octanol–water partition coefficient (Wildman–Crippen LogP) is 3.13. The van der Waals surface area contributed by atoms with Crippen LogP contribution in [0.2, 0.25) is 0 Å². The fourth-order valence-electron chi connectivity index (χ4n) is 2.79. The highest BCUT2D eigenvalue weighted by atomic mass is 19.1.